The number of benzene rings is 1. The van der Waals surface area contributed by atoms with Crippen LogP contribution in [-0.4, -0.2) is 188 Å². The highest BCUT2D eigenvalue weighted by molar-refractivity contribution is 5.98. The van der Waals surface area contributed by atoms with E-state index in [1.165, 1.54) is 28.3 Å². The molecule has 22 atom stereocenters. The summed E-state index contributed by atoms with van der Waals surface area (Å²) in [6.07, 6.45) is -11.0. The molecule has 4 saturated heterocycles. The standard InChI is InChI=1S/C64H99N5O18/c1-34(2)27-49(70)83-55-41(9)54(36(4)33-79-62-58(77-16)57(76-15)51(71)45(13)82-62)85-60(74)43(11)56(84-50-28-37(5)69(32-39(7)80-50)67-44(12)47-23-25-65-26-24-47)40(8)53(86-61-52(72)48(68-78-17)29-38(6)81-61)35(3)30-64(14,59(73)42(55)10)87-63(75)66-31-46-21-19-18-20-22-46/h18-26,34-43,45,50-58,61-62,71-72H,27-33H2,1-17H3,(H,66,75)/b67-44-,68-48?/t35-,36-,37-,38+,39?,40+,41-,42+,43+,45+,50-,51+,52+,53-,54?,55+,56-,57+,58+,61-,62+,64-/m0/s1. The van der Waals surface area contributed by atoms with Crippen molar-refractivity contribution in [1.29, 1.82) is 0 Å². The lowest BCUT2D eigenvalue weighted by molar-refractivity contribution is -0.305. The number of Topliss-reactive ketones (excluding diaryl/α,β-unsaturated/α-hetero) is 1. The van der Waals surface area contributed by atoms with E-state index in [2.05, 4.69) is 15.5 Å². The number of oxime groups is 1. The van der Waals surface area contributed by atoms with Gasteiger partial charge >= 0.3 is 18.0 Å². The van der Waals surface area contributed by atoms with Gasteiger partial charge in [-0.25, -0.2) is 4.79 Å². The number of carbonyl (C=O) groups excluding carboxylic acids is 4. The molecule has 0 spiro atoms. The van der Waals surface area contributed by atoms with E-state index in [4.69, 9.17) is 62.0 Å². The van der Waals surface area contributed by atoms with Crippen LogP contribution < -0.4 is 5.32 Å². The van der Waals surface area contributed by atoms with Crippen molar-refractivity contribution in [3.63, 3.8) is 0 Å². The second-order valence-corrected chi connectivity index (χ2v) is 25.1. The van der Waals surface area contributed by atoms with Crippen LogP contribution in [0.4, 0.5) is 4.79 Å². The number of alkyl carbamates (subject to hydrolysis) is 1. The molecule has 5 heterocycles. The second kappa shape index (κ2) is 32.5. The molecular formula is C64H99N5O18. The Hall–Kier alpha value is -5.21. The summed E-state index contributed by atoms with van der Waals surface area (Å²) < 4.78 is 71.1. The average Bonchev–Trinajstić information content (AvgIpc) is 1.83. The van der Waals surface area contributed by atoms with Crippen molar-refractivity contribution in [1.82, 2.24) is 15.3 Å². The fraction of sp³-hybridized carbons (Fsp3) is 0.734. The normalized spacial score (nSPS) is 36.9. The van der Waals surface area contributed by atoms with E-state index in [1.807, 2.05) is 103 Å². The molecule has 1 amide bonds. The molecule has 23 heteroatoms. The third-order valence-corrected chi connectivity index (χ3v) is 17.2. The molecule has 0 bridgehead atoms. The summed E-state index contributed by atoms with van der Waals surface area (Å²) in [7, 11) is 4.28. The van der Waals surface area contributed by atoms with Crippen LogP contribution in [0.25, 0.3) is 0 Å². The van der Waals surface area contributed by atoms with Crippen molar-refractivity contribution in [2.45, 2.75) is 227 Å². The van der Waals surface area contributed by atoms with Gasteiger partial charge in [0, 0.05) is 81.8 Å². The molecule has 0 aliphatic carbocycles. The van der Waals surface area contributed by atoms with Gasteiger partial charge in [0.25, 0.3) is 0 Å². The van der Waals surface area contributed by atoms with Gasteiger partial charge in [0.2, 0.25) is 0 Å². The highest BCUT2D eigenvalue weighted by Crippen LogP contribution is 2.41. The number of ether oxygens (including phenoxy) is 11. The van der Waals surface area contributed by atoms with Crippen molar-refractivity contribution in [3.05, 3.63) is 66.0 Å². The number of aromatic nitrogens is 1. The smallest absolute Gasteiger partial charge is 0.408 e. The summed E-state index contributed by atoms with van der Waals surface area (Å²) in [5.41, 5.74) is 0.744. The molecule has 0 saturated carbocycles. The number of hydrogen-bond acceptors (Lipinski definition) is 22. The minimum atomic E-state index is -1.99. The number of nitrogens with zero attached hydrogens (tertiary/aromatic N) is 4. The molecule has 488 valence electrons. The molecule has 0 radical (unpaired) electrons. The van der Waals surface area contributed by atoms with Crippen molar-refractivity contribution in [2.24, 2.45) is 51.7 Å². The number of esters is 2. The lowest BCUT2D eigenvalue weighted by atomic mass is 9.74. The van der Waals surface area contributed by atoms with Gasteiger partial charge in [-0.15, -0.1) is 0 Å². The Morgan fingerprint density at radius 1 is 0.816 bits per heavy atom. The maximum Gasteiger partial charge on any atom is 0.408 e. The number of ketones is 1. The van der Waals surface area contributed by atoms with Crippen LogP contribution in [0, 0.1) is 41.4 Å². The van der Waals surface area contributed by atoms with E-state index < -0.39 is 151 Å². The van der Waals surface area contributed by atoms with Crippen LogP contribution in [0.1, 0.15) is 134 Å². The number of hydrogen-bond donors (Lipinski definition) is 3. The molecule has 4 fully saturated rings. The van der Waals surface area contributed by atoms with Gasteiger partial charge in [-0.2, -0.15) is 5.10 Å². The summed E-state index contributed by atoms with van der Waals surface area (Å²) in [6, 6.07) is 12.8. The van der Waals surface area contributed by atoms with E-state index in [0.29, 0.717) is 13.0 Å². The van der Waals surface area contributed by atoms with E-state index in [0.717, 1.165) is 16.8 Å². The highest BCUT2D eigenvalue weighted by atomic mass is 16.7. The Bertz CT molecular complexity index is 2570. The van der Waals surface area contributed by atoms with Crippen LogP contribution in [0.5, 0.6) is 0 Å². The molecule has 1 aromatic heterocycles. The monoisotopic (exact) mass is 1230 g/mol. The number of cyclic esters (lactones) is 1. The van der Waals surface area contributed by atoms with Crippen LogP contribution in [0.15, 0.2) is 65.1 Å². The SMILES string of the molecule is CON=C1C[C@@H](C)O[C@@H](O[C@@H]2[C@@H](C)[C@H](O[C@H]3C[C@H](C)N(/N=C(/C)c4ccncc4)CC(C)O3)[C@@H](C)C(=O)OC([C@@H](C)CO[C@@H]3O[C@H](C)[C@@H](O)[C@@H](OC)[C@H]3OC)[C@H](C)[C@@H](OC(=O)CC(C)C)[C@@H](C)C(=O)[C@@](C)(OC(=O)NCc3ccccc3)C[C@@H]2C)[C@@H]1O. The first-order valence-corrected chi connectivity index (χ1v) is 30.8. The van der Waals surface area contributed by atoms with Gasteiger partial charge in [-0.05, 0) is 84.4 Å². The predicted molar refractivity (Wildman–Crippen MR) is 321 cm³/mol. The van der Waals surface area contributed by atoms with Crippen molar-refractivity contribution >= 4 is 35.2 Å². The number of methoxy groups -OCH3 is 2. The van der Waals surface area contributed by atoms with Crippen molar-refractivity contribution in [2.75, 3.05) is 34.5 Å². The molecule has 4 aliphatic heterocycles. The van der Waals surface area contributed by atoms with E-state index in [1.54, 1.807) is 47.0 Å². The molecule has 1 aromatic carbocycles. The lowest BCUT2D eigenvalue weighted by Crippen LogP contribution is -2.59. The van der Waals surface area contributed by atoms with Gasteiger partial charge in [-0.3, -0.25) is 24.4 Å². The summed E-state index contributed by atoms with van der Waals surface area (Å²) >= 11 is 0. The highest BCUT2D eigenvalue weighted by Gasteiger charge is 2.53. The number of amides is 1. The minimum absolute atomic E-state index is 0.00549. The Balaban J connectivity index is 1.51. The number of aliphatic hydroxyl groups excluding tert-OH is 2. The largest absolute Gasteiger partial charge is 0.461 e. The average molecular weight is 1230 g/mol. The number of pyridine rings is 1. The number of aliphatic hydroxyl groups is 2. The first-order valence-electron chi connectivity index (χ1n) is 30.8. The topological polar surface area (TPSA) is 272 Å². The zero-order valence-electron chi connectivity index (χ0n) is 54.1. The third kappa shape index (κ3) is 18.7. The van der Waals surface area contributed by atoms with Crippen LogP contribution >= 0.6 is 0 Å². The number of nitrogens with one attached hydrogen (secondary N) is 1. The molecular weight excluding hydrogens is 1130 g/mol. The number of carbonyl (C=O) groups is 4. The first-order chi connectivity index (χ1) is 41.2. The minimum Gasteiger partial charge on any atom is -0.461 e. The Kier molecular flexibility index (Phi) is 26.5. The number of rotatable bonds is 19. The van der Waals surface area contributed by atoms with E-state index in [9.17, 15) is 19.8 Å². The van der Waals surface area contributed by atoms with Crippen LogP contribution in [0.3, 0.4) is 0 Å². The van der Waals surface area contributed by atoms with Crippen LogP contribution in [-0.2, 0) is 77.9 Å². The third-order valence-electron chi connectivity index (χ3n) is 17.2. The molecule has 23 nitrogen and oxygen atoms in total. The molecule has 3 N–H and O–H groups in total. The molecule has 2 aromatic rings. The fourth-order valence-corrected chi connectivity index (χ4v) is 12.5. The molecule has 4 aliphatic rings. The van der Waals surface area contributed by atoms with Gasteiger partial charge in [0.1, 0.15) is 43.7 Å². The number of hydrazone groups is 1. The molecule has 87 heavy (non-hydrogen) atoms. The Labute approximate surface area is 514 Å². The second-order valence-electron chi connectivity index (χ2n) is 25.1. The Morgan fingerprint density at radius 2 is 1.49 bits per heavy atom. The van der Waals surface area contributed by atoms with Gasteiger partial charge in [-0.1, -0.05) is 84.0 Å². The molecule has 6 rings (SSSR count). The summed E-state index contributed by atoms with van der Waals surface area (Å²) in [4.78, 5) is 69.3. The van der Waals surface area contributed by atoms with Gasteiger partial charge < -0.3 is 72.5 Å². The first kappa shape index (κ1) is 70.9. The summed E-state index contributed by atoms with van der Waals surface area (Å²) in [6.45, 7) is 25.5. The summed E-state index contributed by atoms with van der Waals surface area (Å²) in [5.74, 6) is -7.69. The maximum absolute atomic E-state index is 16.0. The van der Waals surface area contributed by atoms with E-state index >= 15 is 9.59 Å². The van der Waals surface area contributed by atoms with Crippen molar-refractivity contribution in [3.8, 4) is 0 Å². The quantitative estimate of drug-likeness (QED) is 0.0535. The Morgan fingerprint density at radius 3 is 2.14 bits per heavy atom. The van der Waals surface area contributed by atoms with E-state index in [-0.39, 0.29) is 50.1 Å². The zero-order chi connectivity index (χ0) is 64.0. The zero-order valence-corrected chi connectivity index (χ0v) is 54.1. The maximum atomic E-state index is 16.0. The lowest BCUT2D eigenvalue weighted by Gasteiger charge is -2.45. The van der Waals surface area contributed by atoms with Gasteiger partial charge in [0.05, 0.1) is 66.9 Å². The van der Waals surface area contributed by atoms with Crippen LogP contribution in [0.2, 0.25) is 0 Å². The molecule has 2 unspecified atom stereocenters. The predicted octanol–water partition coefficient (Wildman–Crippen LogP) is 7.40. The van der Waals surface area contributed by atoms with Crippen molar-refractivity contribution < 1.29 is 86.3 Å². The summed E-state index contributed by atoms with van der Waals surface area (Å²) in [5, 5.41) is 36.9. The fourth-order valence-electron chi connectivity index (χ4n) is 12.5. The van der Waals surface area contributed by atoms with Gasteiger partial charge in [0.15, 0.2) is 30.3 Å².